The van der Waals surface area contributed by atoms with Crippen LogP contribution in [0.4, 0.5) is 13.2 Å². The Balaban J connectivity index is 1.97. The van der Waals surface area contributed by atoms with E-state index in [4.69, 9.17) is 4.52 Å². The van der Waals surface area contributed by atoms with Gasteiger partial charge in [0.2, 0.25) is 0 Å². The zero-order valence-corrected chi connectivity index (χ0v) is 15.9. The summed E-state index contributed by atoms with van der Waals surface area (Å²) in [6.07, 6.45) is -1.48. The van der Waals surface area contributed by atoms with Crippen LogP contribution < -0.4 is 5.32 Å². The molecule has 0 aliphatic carbocycles. The Kier molecular flexibility index (Phi) is 5.50. The molecule has 0 fully saturated rings. The van der Waals surface area contributed by atoms with Crippen molar-refractivity contribution in [3.05, 3.63) is 41.6 Å². The lowest BCUT2D eigenvalue weighted by Crippen LogP contribution is -2.24. The fraction of sp³-hybridized carbons (Fsp3) is 0.444. The molecule has 28 heavy (non-hydrogen) atoms. The summed E-state index contributed by atoms with van der Waals surface area (Å²) >= 11 is 0. The first-order chi connectivity index (χ1) is 13.2. The summed E-state index contributed by atoms with van der Waals surface area (Å²) in [5, 5.41) is 11.4. The molecule has 0 aliphatic heterocycles. The molecule has 3 rings (SSSR count). The molecule has 0 spiro atoms. The number of nitrogens with one attached hydrogen (secondary N) is 1. The molecule has 1 N–H and O–H groups in total. The fourth-order valence-corrected chi connectivity index (χ4v) is 2.76. The third-order valence-corrected chi connectivity index (χ3v) is 4.33. The van der Waals surface area contributed by atoms with Crippen molar-refractivity contribution in [1.82, 2.24) is 30.2 Å². The number of nitrogens with zero attached hydrogens (tertiary/aromatic N) is 5. The topological polar surface area (TPSA) is 81.7 Å². The highest BCUT2D eigenvalue weighted by molar-refractivity contribution is 5.57. The van der Waals surface area contributed by atoms with Crippen molar-refractivity contribution in [3.8, 4) is 17.3 Å². The van der Waals surface area contributed by atoms with Gasteiger partial charge in [-0.2, -0.15) is 23.3 Å². The first-order valence-corrected chi connectivity index (χ1v) is 8.82. The van der Waals surface area contributed by atoms with Crippen molar-refractivity contribution in [2.24, 2.45) is 0 Å². The molecule has 1 atom stereocenters. The van der Waals surface area contributed by atoms with Gasteiger partial charge in [0.15, 0.2) is 11.6 Å². The third kappa shape index (κ3) is 4.06. The lowest BCUT2D eigenvalue weighted by molar-refractivity contribution is -0.137. The minimum atomic E-state index is -4.44. The Morgan fingerprint density at radius 2 is 1.93 bits per heavy atom. The van der Waals surface area contributed by atoms with E-state index in [1.165, 1.54) is 10.7 Å². The highest BCUT2D eigenvalue weighted by Crippen LogP contribution is 2.31. The van der Waals surface area contributed by atoms with E-state index in [1.54, 1.807) is 6.20 Å². The Labute approximate surface area is 160 Å². The minimum absolute atomic E-state index is 0.00632. The molecule has 0 aliphatic rings. The van der Waals surface area contributed by atoms with Crippen molar-refractivity contribution >= 4 is 0 Å². The van der Waals surface area contributed by atoms with Gasteiger partial charge in [0.05, 0.1) is 23.0 Å². The van der Waals surface area contributed by atoms with E-state index in [1.807, 2.05) is 27.8 Å². The van der Waals surface area contributed by atoms with Crippen LogP contribution in [0, 0.1) is 0 Å². The summed E-state index contributed by atoms with van der Waals surface area (Å²) in [5.41, 5.74) is 0.548. The minimum Gasteiger partial charge on any atom is -0.334 e. The average molecular weight is 394 g/mol. The molecular formula is C18H21F3N6O. The second-order valence-corrected chi connectivity index (χ2v) is 6.82. The van der Waals surface area contributed by atoms with Gasteiger partial charge in [0.1, 0.15) is 0 Å². The van der Waals surface area contributed by atoms with E-state index in [9.17, 15) is 13.2 Å². The van der Waals surface area contributed by atoms with E-state index >= 15 is 0 Å². The highest BCUT2D eigenvalue weighted by Gasteiger charge is 2.31. The molecule has 7 nitrogen and oxygen atoms in total. The zero-order valence-electron chi connectivity index (χ0n) is 15.9. The van der Waals surface area contributed by atoms with Gasteiger partial charge in [-0.1, -0.05) is 19.0 Å². The summed E-state index contributed by atoms with van der Waals surface area (Å²) in [4.78, 5) is 8.35. The summed E-state index contributed by atoms with van der Waals surface area (Å²) in [5.74, 6) is 1.16. The van der Waals surface area contributed by atoms with E-state index in [2.05, 4.69) is 25.5 Å². The van der Waals surface area contributed by atoms with Gasteiger partial charge < -0.3 is 9.84 Å². The molecule has 0 saturated carbocycles. The predicted molar refractivity (Wildman–Crippen MR) is 96.0 cm³/mol. The molecule has 3 heterocycles. The van der Waals surface area contributed by atoms with Crippen LogP contribution in [-0.2, 0) is 12.6 Å². The summed E-state index contributed by atoms with van der Waals surface area (Å²) in [6, 6.07) is 2.46. The maximum atomic E-state index is 12.8. The van der Waals surface area contributed by atoms with Gasteiger partial charge in [-0.25, -0.2) is 9.67 Å². The summed E-state index contributed by atoms with van der Waals surface area (Å²) < 4.78 is 45.2. The van der Waals surface area contributed by atoms with Crippen molar-refractivity contribution in [2.75, 3.05) is 7.05 Å². The first kappa shape index (κ1) is 20.0. The average Bonchev–Trinajstić information content (AvgIpc) is 3.27. The van der Waals surface area contributed by atoms with Crippen LogP contribution in [-0.4, -0.2) is 38.0 Å². The second kappa shape index (κ2) is 7.70. The number of hydrogen-bond donors (Lipinski definition) is 1. The SMILES string of the molecule is CNC(C)Cc1noc(-c2cnn(-c3ccc(C(F)(F)F)cn3)c2C(C)C)n1. The standard InChI is InChI=1S/C18H21F3N6O/c1-10(2)16-13(17-25-14(26-28-17)7-11(3)22-4)9-24-27(16)15-6-5-12(8-23-15)18(19,20)21/h5-6,8-11,22H,7H2,1-4H3. The lowest BCUT2D eigenvalue weighted by atomic mass is 10.1. The van der Waals surface area contributed by atoms with Gasteiger partial charge in [0, 0.05) is 18.7 Å². The van der Waals surface area contributed by atoms with Crippen LogP contribution in [0.15, 0.2) is 29.0 Å². The number of pyridine rings is 1. The maximum Gasteiger partial charge on any atom is 0.417 e. The van der Waals surface area contributed by atoms with Crippen molar-refractivity contribution in [1.29, 1.82) is 0 Å². The molecule has 0 radical (unpaired) electrons. The van der Waals surface area contributed by atoms with Crippen LogP contribution >= 0.6 is 0 Å². The van der Waals surface area contributed by atoms with Gasteiger partial charge >= 0.3 is 6.18 Å². The molecule has 3 aromatic rings. The van der Waals surface area contributed by atoms with Crippen molar-refractivity contribution < 1.29 is 17.7 Å². The zero-order chi connectivity index (χ0) is 20.5. The van der Waals surface area contributed by atoms with Crippen LogP contribution in [0.2, 0.25) is 0 Å². The van der Waals surface area contributed by atoms with Crippen LogP contribution in [0.1, 0.15) is 43.8 Å². The summed E-state index contributed by atoms with van der Waals surface area (Å²) in [6.45, 7) is 5.90. The van der Waals surface area contributed by atoms with Crippen LogP contribution in [0.3, 0.4) is 0 Å². The molecule has 10 heteroatoms. The molecule has 0 bridgehead atoms. The van der Waals surface area contributed by atoms with Crippen LogP contribution in [0.5, 0.6) is 0 Å². The number of hydrogen-bond acceptors (Lipinski definition) is 6. The molecule has 0 saturated heterocycles. The highest BCUT2D eigenvalue weighted by atomic mass is 19.4. The van der Waals surface area contributed by atoms with E-state index in [0.29, 0.717) is 23.7 Å². The lowest BCUT2D eigenvalue weighted by Gasteiger charge is -2.12. The van der Waals surface area contributed by atoms with Gasteiger partial charge in [-0.05, 0) is 32.0 Å². The van der Waals surface area contributed by atoms with Crippen molar-refractivity contribution in [2.45, 2.75) is 45.3 Å². The Morgan fingerprint density at radius 1 is 1.18 bits per heavy atom. The molecular weight excluding hydrogens is 373 g/mol. The monoisotopic (exact) mass is 394 g/mol. The Morgan fingerprint density at radius 3 is 2.50 bits per heavy atom. The molecule has 3 aromatic heterocycles. The number of aromatic nitrogens is 5. The molecule has 0 aromatic carbocycles. The number of alkyl halides is 3. The van der Waals surface area contributed by atoms with E-state index in [-0.39, 0.29) is 17.8 Å². The summed E-state index contributed by atoms with van der Waals surface area (Å²) in [7, 11) is 1.85. The number of likely N-dealkylation sites (N-methyl/N-ethyl adjacent to an activating group) is 1. The largest absolute Gasteiger partial charge is 0.417 e. The molecule has 0 amide bonds. The normalized spacial score (nSPS) is 13.3. The van der Waals surface area contributed by atoms with E-state index in [0.717, 1.165) is 18.0 Å². The van der Waals surface area contributed by atoms with E-state index < -0.39 is 11.7 Å². The van der Waals surface area contributed by atoms with Crippen molar-refractivity contribution in [3.63, 3.8) is 0 Å². The smallest absolute Gasteiger partial charge is 0.334 e. The fourth-order valence-electron chi connectivity index (χ4n) is 2.76. The molecule has 150 valence electrons. The Hall–Kier alpha value is -2.75. The second-order valence-electron chi connectivity index (χ2n) is 6.82. The van der Waals surface area contributed by atoms with Gasteiger partial charge in [-0.15, -0.1) is 0 Å². The quantitative estimate of drug-likeness (QED) is 0.688. The maximum absolute atomic E-state index is 12.8. The predicted octanol–water partition coefficient (Wildman–Crippen LogP) is 3.61. The first-order valence-electron chi connectivity index (χ1n) is 8.82. The van der Waals surface area contributed by atoms with Crippen LogP contribution in [0.25, 0.3) is 17.3 Å². The third-order valence-electron chi connectivity index (χ3n) is 4.33. The van der Waals surface area contributed by atoms with Gasteiger partial charge in [-0.3, -0.25) is 0 Å². The number of rotatable bonds is 6. The Bertz CT molecular complexity index is 930. The number of halogens is 3. The molecule has 1 unspecified atom stereocenters. The van der Waals surface area contributed by atoms with Gasteiger partial charge in [0.25, 0.3) is 5.89 Å².